The minimum absolute atomic E-state index is 0.0428. The quantitative estimate of drug-likeness (QED) is 0.737. The van der Waals surface area contributed by atoms with E-state index in [1.807, 2.05) is 63.2 Å². The van der Waals surface area contributed by atoms with Gasteiger partial charge in [0.15, 0.2) is 5.82 Å². The minimum Gasteiger partial charge on any atom is -0.465 e. The monoisotopic (exact) mass is 353 g/mol. The van der Waals surface area contributed by atoms with E-state index in [9.17, 15) is 4.79 Å². The first-order chi connectivity index (χ1) is 12.5. The van der Waals surface area contributed by atoms with Crippen LogP contribution in [0.1, 0.15) is 33.6 Å². The molecule has 0 aliphatic carbocycles. The molecule has 0 bridgehead atoms. The number of nitrogens with zero attached hydrogens (tertiary/aromatic N) is 4. The number of aryl methyl sites for hydroxylation is 1. The minimum atomic E-state index is -0.167. The fourth-order valence-corrected chi connectivity index (χ4v) is 2.80. The van der Waals surface area contributed by atoms with E-state index in [4.69, 9.17) is 4.42 Å². The second-order valence-corrected chi connectivity index (χ2v) is 6.38. The number of aromatic nitrogens is 3. The van der Waals surface area contributed by atoms with E-state index in [-0.39, 0.29) is 11.9 Å². The smallest absolute Gasteiger partial charge is 0.254 e. The zero-order valence-corrected chi connectivity index (χ0v) is 15.4. The Morgan fingerprint density at radius 3 is 2.69 bits per heavy atom. The van der Waals surface area contributed by atoms with E-state index < -0.39 is 0 Å². The summed E-state index contributed by atoms with van der Waals surface area (Å²) in [4.78, 5) is 18.9. The van der Waals surface area contributed by atoms with Crippen molar-refractivity contribution < 1.29 is 9.21 Å². The number of nitrogens with one attached hydrogen (secondary N) is 1. The van der Waals surface area contributed by atoms with E-state index in [0.717, 1.165) is 17.2 Å². The van der Waals surface area contributed by atoms with Crippen LogP contribution < -0.4 is 5.32 Å². The maximum Gasteiger partial charge on any atom is 0.254 e. The third-order valence-electron chi connectivity index (χ3n) is 4.29. The molecule has 7 heteroatoms. The SMILES string of the molecule is Cc1ccc([C@@H](CNC(=O)c2cnn(-c3ccccn3)c2C)N(C)C)o1. The predicted molar refractivity (Wildman–Crippen MR) is 98.3 cm³/mol. The summed E-state index contributed by atoms with van der Waals surface area (Å²) in [6.07, 6.45) is 3.27. The number of hydrogen-bond acceptors (Lipinski definition) is 5. The maximum absolute atomic E-state index is 12.6. The van der Waals surface area contributed by atoms with Crippen molar-refractivity contribution in [2.24, 2.45) is 0 Å². The maximum atomic E-state index is 12.6. The number of carbonyl (C=O) groups excluding carboxylic acids is 1. The van der Waals surface area contributed by atoms with Crippen molar-refractivity contribution in [2.45, 2.75) is 19.9 Å². The van der Waals surface area contributed by atoms with Crippen LogP contribution in [0.15, 0.2) is 47.1 Å². The fourth-order valence-electron chi connectivity index (χ4n) is 2.80. The van der Waals surface area contributed by atoms with Crippen molar-refractivity contribution >= 4 is 5.91 Å². The number of carbonyl (C=O) groups is 1. The molecule has 0 fully saturated rings. The van der Waals surface area contributed by atoms with Gasteiger partial charge in [0.2, 0.25) is 0 Å². The van der Waals surface area contributed by atoms with Crippen LogP contribution in [0.2, 0.25) is 0 Å². The van der Waals surface area contributed by atoms with Crippen LogP contribution in [0.5, 0.6) is 0 Å². The molecule has 26 heavy (non-hydrogen) atoms. The molecule has 3 heterocycles. The Morgan fingerprint density at radius 1 is 1.27 bits per heavy atom. The normalized spacial score (nSPS) is 12.3. The Bertz CT molecular complexity index is 882. The Kier molecular flexibility index (Phi) is 5.18. The van der Waals surface area contributed by atoms with Gasteiger partial charge in [-0.25, -0.2) is 9.67 Å². The van der Waals surface area contributed by atoms with Crippen LogP contribution >= 0.6 is 0 Å². The average Bonchev–Trinajstić information content (AvgIpc) is 3.21. The van der Waals surface area contributed by atoms with Gasteiger partial charge >= 0.3 is 0 Å². The third-order valence-corrected chi connectivity index (χ3v) is 4.29. The number of rotatable bonds is 6. The highest BCUT2D eigenvalue weighted by molar-refractivity contribution is 5.95. The molecule has 7 nitrogen and oxygen atoms in total. The van der Waals surface area contributed by atoms with E-state index in [2.05, 4.69) is 15.4 Å². The lowest BCUT2D eigenvalue weighted by Crippen LogP contribution is -2.34. The Labute approximate surface area is 152 Å². The van der Waals surface area contributed by atoms with Crippen LogP contribution in [0.25, 0.3) is 5.82 Å². The first-order valence-electron chi connectivity index (χ1n) is 8.44. The number of pyridine rings is 1. The second-order valence-electron chi connectivity index (χ2n) is 6.38. The van der Waals surface area contributed by atoms with E-state index in [0.29, 0.717) is 17.9 Å². The van der Waals surface area contributed by atoms with Crippen LogP contribution in [0.4, 0.5) is 0 Å². The van der Waals surface area contributed by atoms with Gasteiger partial charge in [-0.05, 0) is 52.2 Å². The molecule has 0 saturated carbocycles. The number of amides is 1. The van der Waals surface area contributed by atoms with Gasteiger partial charge in [0, 0.05) is 12.7 Å². The molecule has 136 valence electrons. The summed E-state index contributed by atoms with van der Waals surface area (Å²) in [5, 5.41) is 7.27. The zero-order valence-electron chi connectivity index (χ0n) is 15.4. The molecule has 1 N–H and O–H groups in total. The molecule has 0 spiro atoms. The predicted octanol–water partition coefficient (Wildman–Crippen LogP) is 2.51. The molecule has 0 aromatic carbocycles. The van der Waals surface area contributed by atoms with Crippen LogP contribution in [-0.4, -0.2) is 46.2 Å². The van der Waals surface area contributed by atoms with Gasteiger partial charge in [0.1, 0.15) is 11.5 Å². The van der Waals surface area contributed by atoms with Gasteiger partial charge in [-0.2, -0.15) is 5.10 Å². The van der Waals surface area contributed by atoms with E-state index >= 15 is 0 Å². The Morgan fingerprint density at radius 2 is 2.08 bits per heavy atom. The van der Waals surface area contributed by atoms with E-state index in [1.165, 1.54) is 0 Å². The van der Waals surface area contributed by atoms with Gasteiger partial charge in [-0.3, -0.25) is 9.69 Å². The molecule has 1 atom stereocenters. The average molecular weight is 353 g/mol. The Hall–Kier alpha value is -2.93. The summed E-state index contributed by atoms with van der Waals surface area (Å²) >= 11 is 0. The molecular weight excluding hydrogens is 330 g/mol. The van der Waals surface area contributed by atoms with Crippen molar-refractivity contribution in [3.8, 4) is 5.82 Å². The van der Waals surface area contributed by atoms with Gasteiger partial charge in [0.05, 0.1) is 23.5 Å². The second kappa shape index (κ2) is 7.53. The van der Waals surface area contributed by atoms with Crippen molar-refractivity contribution in [1.29, 1.82) is 0 Å². The number of likely N-dealkylation sites (N-methyl/N-ethyl adjacent to an activating group) is 1. The third kappa shape index (κ3) is 3.67. The summed E-state index contributed by atoms with van der Waals surface area (Å²) in [5.74, 6) is 2.19. The van der Waals surface area contributed by atoms with E-state index in [1.54, 1.807) is 17.1 Å². The lowest BCUT2D eigenvalue weighted by molar-refractivity contribution is 0.0938. The number of furan rings is 1. The molecule has 0 aliphatic heterocycles. The van der Waals surface area contributed by atoms with Crippen molar-refractivity contribution in [2.75, 3.05) is 20.6 Å². The van der Waals surface area contributed by atoms with Crippen LogP contribution in [0, 0.1) is 13.8 Å². The summed E-state index contributed by atoms with van der Waals surface area (Å²) in [6.45, 7) is 4.20. The molecule has 3 aromatic heterocycles. The highest BCUT2D eigenvalue weighted by Crippen LogP contribution is 2.20. The molecular formula is C19H23N5O2. The highest BCUT2D eigenvalue weighted by Gasteiger charge is 2.21. The molecule has 0 unspecified atom stereocenters. The molecule has 1 amide bonds. The summed E-state index contributed by atoms with van der Waals surface area (Å²) in [5.41, 5.74) is 1.28. The van der Waals surface area contributed by atoms with Gasteiger partial charge in [0.25, 0.3) is 5.91 Å². The van der Waals surface area contributed by atoms with Gasteiger partial charge in [-0.1, -0.05) is 6.07 Å². The lowest BCUT2D eigenvalue weighted by Gasteiger charge is -2.22. The molecule has 0 saturated heterocycles. The topological polar surface area (TPSA) is 76.2 Å². The van der Waals surface area contributed by atoms with Crippen LogP contribution in [-0.2, 0) is 0 Å². The van der Waals surface area contributed by atoms with Crippen molar-refractivity contribution in [3.05, 3.63) is 65.5 Å². The lowest BCUT2D eigenvalue weighted by atomic mass is 10.2. The van der Waals surface area contributed by atoms with Crippen molar-refractivity contribution in [1.82, 2.24) is 25.0 Å². The van der Waals surface area contributed by atoms with Gasteiger partial charge in [-0.15, -0.1) is 0 Å². The summed E-state index contributed by atoms with van der Waals surface area (Å²) < 4.78 is 7.37. The van der Waals surface area contributed by atoms with Crippen LogP contribution in [0.3, 0.4) is 0 Å². The van der Waals surface area contributed by atoms with Crippen molar-refractivity contribution in [3.63, 3.8) is 0 Å². The molecule has 3 aromatic rings. The molecule has 3 rings (SSSR count). The fraction of sp³-hybridized carbons (Fsp3) is 0.316. The largest absolute Gasteiger partial charge is 0.465 e. The highest BCUT2D eigenvalue weighted by atomic mass is 16.3. The number of hydrogen-bond donors (Lipinski definition) is 1. The summed E-state index contributed by atoms with van der Waals surface area (Å²) in [7, 11) is 3.91. The summed E-state index contributed by atoms with van der Waals surface area (Å²) in [6, 6.07) is 9.40. The van der Waals surface area contributed by atoms with Gasteiger partial charge < -0.3 is 9.73 Å². The Balaban J connectivity index is 1.73. The molecule has 0 radical (unpaired) electrons. The standard InChI is InChI=1S/C19H23N5O2/c1-13-8-9-17(26-13)16(23(3)4)12-21-19(25)15-11-22-24(14(15)2)18-7-5-6-10-20-18/h5-11,16H,12H2,1-4H3,(H,21,25)/t16-/m1/s1. The molecule has 0 aliphatic rings. The zero-order chi connectivity index (χ0) is 18.7. The first-order valence-corrected chi connectivity index (χ1v) is 8.44. The first kappa shape index (κ1) is 17.9.